The average Bonchev–Trinajstić information content (AvgIpc) is 2.12. The van der Waals surface area contributed by atoms with E-state index in [1.54, 1.807) is 0 Å². The van der Waals surface area contributed by atoms with Gasteiger partial charge in [-0.25, -0.2) is 6.57 Å². The Morgan fingerprint density at radius 3 is 2.77 bits per heavy atom. The molecule has 0 bridgehead atoms. The largest absolute Gasteiger partial charge is 0.314 e. The number of hydrogen-bond acceptors (Lipinski definition) is 1. The molecular formula is C11H17N2. The van der Waals surface area contributed by atoms with Gasteiger partial charge in [0.15, 0.2) is 0 Å². The van der Waals surface area contributed by atoms with Crippen molar-refractivity contribution in [3.63, 3.8) is 0 Å². The van der Waals surface area contributed by atoms with Crippen molar-refractivity contribution in [3.05, 3.63) is 17.8 Å². The topological polar surface area (TPSA) is 28.1 Å². The first-order chi connectivity index (χ1) is 6.24. The molecule has 0 aromatic rings. The molecule has 0 aromatic heterocycles. The normalized spacial score (nSPS) is 14.2. The van der Waals surface area contributed by atoms with Crippen molar-refractivity contribution in [2.24, 2.45) is 5.92 Å². The van der Waals surface area contributed by atoms with E-state index < -0.39 is 0 Å². The van der Waals surface area contributed by atoms with Crippen LogP contribution in [0.2, 0.25) is 0 Å². The predicted octanol–water partition coefficient (Wildman–Crippen LogP) is 3.22. The Bertz CT molecular complexity index is 197. The summed E-state index contributed by atoms with van der Waals surface area (Å²) < 4.78 is 0. The molecule has 0 aliphatic heterocycles. The first kappa shape index (κ1) is 12.0. The van der Waals surface area contributed by atoms with Crippen molar-refractivity contribution in [2.75, 3.05) is 0 Å². The molecule has 0 aliphatic rings. The number of hydrogen-bond donors (Lipinski definition) is 0. The second kappa shape index (κ2) is 7.62. The maximum absolute atomic E-state index is 8.34. The van der Waals surface area contributed by atoms with Gasteiger partial charge in [-0.05, 0) is 5.92 Å². The van der Waals surface area contributed by atoms with Crippen LogP contribution in [-0.4, -0.2) is 6.04 Å². The van der Waals surface area contributed by atoms with Crippen molar-refractivity contribution in [2.45, 2.75) is 45.6 Å². The molecule has 2 atom stereocenters. The molecular weight excluding hydrogens is 160 g/mol. The van der Waals surface area contributed by atoms with Crippen LogP contribution in [0.4, 0.5) is 0 Å². The number of nitrogens with zero attached hydrogens (tertiary/aromatic N) is 2. The zero-order valence-corrected chi connectivity index (χ0v) is 8.45. The van der Waals surface area contributed by atoms with Gasteiger partial charge in [-0.15, -0.1) is 0 Å². The van der Waals surface area contributed by atoms with Crippen molar-refractivity contribution in [1.29, 1.82) is 5.26 Å². The lowest BCUT2D eigenvalue weighted by atomic mass is 9.95. The van der Waals surface area contributed by atoms with Crippen LogP contribution in [0.15, 0.2) is 0 Å². The lowest BCUT2D eigenvalue weighted by Crippen LogP contribution is -2.08. The standard InChI is InChI=1S/C11H17N2/c1-4-6-10(2)9-11(13-3)7-5-8-12/h5,10-11H,4,6-7,9H2,1-2H3/t10?,11-/m0/s1. The molecule has 0 fully saturated rings. The van der Waals surface area contributed by atoms with Gasteiger partial charge < -0.3 is 4.85 Å². The van der Waals surface area contributed by atoms with Crippen LogP contribution in [0.25, 0.3) is 4.85 Å². The molecule has 13 heavy (non-hydrogen) atoms. The second-order valence-electron chi connectivity index (χ2n) is 3.48. The second-order valence-corrected chi connectivity index (χ2v) is 3.48. The van der Waals surface area contributed by atoms with Gasteiger partial charge in [-0.3, -0.25) is 0 Å². The Labute approximate surface area is 81.4 Å². The van der Waals surface area contributed by atoms with Gasteiger partial charge in [-0.2, -0.15) is 5.26 Å². The SMILES string of the molecule is [C-]#[N+][C@@H](C[CH]C#N)CC(C)CCC. The smallest absolute Gasteiger partial charge is 0.225 e. The Balaban J connectivity index is 3.72. The van der Waals surface area contributed by atoms with Crippen LogP contribution in [0, 0.1) is 30.2 Å². The zero-order chi connectivity index (χ0) is 10.1. The molecule has 0 spiro atoms. The molecule has 2 nitrogen and oxygen atoms in total. The lowest BCUT2D eigenvalue weighted by molar-refractivity contribution is 0.456. The molecule has 0 aromatic carbocycles. The maximum atomic E-state index is 8.34. The van der Waals surface area contributed by atoms with E-state index in [1.165, 1.54) is 19.3 Å². The van der Waals surface area contributed by atoms with Gasteiger partial charge in [0, 0.05) is 12.8 Å². The van der Waals surface area contributed by atoms with Gasteiger partial charge in [-0.1, -0.05) is 26.7 Å². The van der Waals surface area contributed by atoms with E-state index in [-0.39, 0.29) is 6.04 Å². The van der Waals surface area contributed by atoms with E-state index in [0.29, 0.717) is 12.3 Å². The summed E-state index contributed by atoms with van der Waals surface area (Å²) in [7, 11) is 0. The third-order valence-corrected chi connectivity index (χ3v) is 2.12. The Hall–Kier alpha value is -1.02. The highest BCUT2D eigenvalue weighted by Gasteiger charge is 2.15. The van der Waals surface area contributed by atoms with E-state index in [4.69, 9.17) is 11.8 Å². The predicted molar refractivity (Wildman–Crippen MR) is 53.6 cm³/mol. The molecule has 1 unspecified atom stereocenters. The van der Waals surface area contributed by atoms with Crippen LogP contribution in [0.5, 0.6) is 0 Å². The molecule has 2 heteroatoms. The number of nitriles is 1. The molecule has 0 heterocycles. The minimum absolute atomic E-state index is 0.0150. The van der Waals surface area contributed by atoms with Crippen molar-refractivity contribution in [1.82, 2.24) is 0 Å². The highest BCUT2D eigenvalue weighted by atomic mass is 14.7. The molecule has 0 saturated heterocycles. The summed E-state index contributed by atoms with van der Waals surface area (Å²) >= 11 is 0. The van der Waals surface area contributed by atoms with Crippen LogP contribution in [0.3, 0.4) is 0 Å². The molecule has 0 saturated carbocycles. The van der Waals surface area contributed by atoms with Gasteiger partial charge in [0.2, 0.25) is 6.04 Å². The summed E-state index contributed by atoms with van der Waals surface area (Å²) in [5.74, 6) is 0.608. The summed E-state index contributed by atoms with van der Waals surface area (Å²) in [6, 6.07) is 1.98. The fourth-order valence-electron chi connectivity index (χ4n) is 1.47. The minimum Gasteiger partial charge on any atom is -0.314 e. The Kier molecular flexibility index (Phi) is 7.02. The average molecular weight is 177 g/mol. The van der Waals surface area contributed by atoms with Gasteiger partial charge in [0.05, 0.1) is 12.5 Å². The van der Waals surface area contributed by atoms with E-state index in [0.717, 1.165) is 6.42 Å². The van der Waals surface area contributed by atoms with E-state index in [2.05, 4.69) is 18.7 Å². The van der Waals surface area contributed by atoms with Gasteiger partial charge in [0.1, 0.15) is 0 Å². The monoisotopic (exact) mass is 177 g/mol. The highest BCUT2D eigenvalue weighted by molar-refractivity contribution is 4.97. The lowest BCUT2D eigenvalue weighted by Gasteiger charge is -2.10. The minimum atomic E-state index is 0.0150. The first-order valence-electron chi connectivity index (χ1n) is 4.82. The summed E-state index contributed by atoms with van der Waals surface area (Å²) in [4.78, 5) is 3.52. The van der Waals surface area contributed by atoms with Crippen LogP contribution < -0.4 is 0 Å². The quantitative estimate of drug-likeness (QED) is 0.572. The fourth-order valence-corrected chi connectivity index (χ4v) is 1.47. The Morgan fingerprint density at radius 2 is 2.31 bits per heavy atom. The van der Waals surface area contributed by atoms with Gasteiger partial charge >= 0.3 is 0 Å². The first-order valence-corrected chi connectivity index (χ1v) is 4.82. The van der Waals surface area contributed by atoms with Crippen molar-refractivity contribution in [3.8, 4) is 6.07 Å². The van der Waals surface area contributed by atoms with E-state index >= 15 is 0 Å². The van der Waals surface area contributed by atoms with Crippen LogP contribution in [-0.2, 0) is 0 Å². The van der Waals surface area contributed by atoms with Gasteiger partial charge in [0.25, 0.3) is 0 Å². The summed E-state index contributed by atoms with van der Waals surface area (Å²) in [5.41, 5.74) is 0. The molecule has 1 radical (unpaired) electrons. The van der Waals surface area contributed by atoms with Crippen LogP contribution in [0.1, 0.15) is 39.5 Å². The van der Waals surface area contributed by atoms with Crippen molar-refractivity contribution < 1.29 is 0 Å². The van der Waals surface area contributed by atoms with Crippen LogP contribution >= 0.6 is 0 Å². The number of rotatable bonds is 6. The summed E-state index contributed by atoms with van der Waals surface area (Å²) in [6.07, 6.45) is 5.43. The molecule has 0 N–H and O–H groups in total. The fraction of sp³-hybridized carbons (Fsp3) is 0.727. The summed E-state index contributed by atoms with van der Waals surface area (Å²) in [6.45, 7) is 11.3. The molecule has 0 aliphatic carbocycles. The van der Waals surface area contributed by atoms with Crippen molar-refractivity contribution >= 4 is 0 Å². The maximum Gasteiger partial charge on any atom is 0.225 e. The van der Waals surface area contributed by atoms with E-state index in [1.807, 2.05) is 6.07 Å². The molecule has 0 rings (SSSR count). The highest BCUT2D eigenvalue weighted by Crippen LogP contribution is 2.17. The summed E-state index contributed by atoms with van der Waals surface area (Å²) in [5, 5.41) is 8.34. The third-order valence-electron chi connectivity index (χ3n) is 2.12. The molecule has 71 valence electrons. The van der Waals surface area contributed by atoms with E-state index in [9.17, 15) is 0 Å². The molecule has 0 amide bonds. The zero-order valence-electron chi connectivity index (χ0n) is 8.45. The third kappa shape index (κ3) is 6.17. The Morgan fingerprint density at radius 1 is 1.62 bits per heavy atom.